The third kappa shape index (κ3) is 2.63. The van der Waals surface area contributed by atoms with E-state index in [4.69, 9.17) is 0 Å². The van der Waals surface area contributed by atoms with E-state index in [1.807, 2.05) is 18.0 Å². The summed E-state index contributed by atoms with van der Waals surface area (Å²) >= 11 is 3.49. The maximum absolute atomic E-state index is 12.2. The predicted octanol–water partition coefficient (Wildman–Crippen LogP) is 2.50. The molecule has 1 fully saturated rings. The van der Waals surface area contributed by atoms with Gasteiger partial charge in [-0.05, 0) is 30.0 Å². The largest absolute Gasteiger partial charge is 0.337 e. The number of amides is 1. The molecule has 4 nitrogen and oxygen atoms in total. The van der Waals surface area contributed by atoms with Gasteiger partial charge in [0.2, 0.25) is 0 Å². The minimum atomic E-state index is 0.0792. The highest BCUT2D eigenvalue weighted by Gasteiger charge is 2.32. The molecule has 1 aromatic heterocycles. The number of nitrogens with zero attached hydrogens (tertiary/aromatic N) is 3. The summed E-state index contributed by atoms with van der Waals surface area (Å²) in [4.78, 5) is 18.1. The molecule has 20 heavy (non-hydrogen) atoms. The number of carbonyl (C=O) groups is 1. The van der Waals surface area contributed by atoms with Gasteiger partial charge >= 0.3 is 0 Å². The second kappa shape index (κ2) is 5.40. The standard InChI is InChI=1S/C15H16BrN3O/c1-18-10-17-7-14(18)15(20)19-8-12(9-19)5-11-3-2-4-13(16)6-11/h2-4,6-7,10,12H,5,8-9H2,1H3. The molecule has 0 radical (unpaired) electrons. The van der Waals surface area contributed by atoms with Gasteiger partial charge in [-0.2, -0.15) is 0 Å². The predicted molar refractivity (Wildman–Crippen MR) is 80.4 cm³/mol. The fourth-order valence-electron chi connectivity index (χ4n) is 2.59. The van der Waals surface area contributed by atoms with Crippen molar-refractivity contribution in [2.45, 2.75) is 6.42 Å². The lowest BCUT2D eigenvalue weighted by atomic mass is 9.92. The third-order valence-corrected chi connectivity index (χ3v) is 4.19. The second-order valence-corrected chi connectivity index (χ2v) is 6.22. The van der Waals surface area contributed by atoms with Crippen molar-refractivity contribution in [1.29, 1.82) is 0 Å². The first-order valence-electron chi connectivity index (χ1n) is 6.63. The van der Waals surface area contributed by atoms with Crippen molar-refractivity contribution >= 4 is 21.8 Å². The molecule has 1 aliphatic rings. The molecule has 1 aromatic carbocycles. The Kier molecular flexibility index (Phi) is 3.61. The van der Waals surface area contributed by atoms with Gasteiger partial charge in [-0.1, -0.05) is 28.1 Å². The van der Waals surface area contributed by atoms with E-state index in [-0.39, 0.29) is 5.91 Å². The smallest absolute Gasteiger partial charge is 0.272 e. The van der Waals surface area contributed by atoms with Crippen LogP contribution in [0.1, 0.15) is 16.1 Å². The second-order valence-electron chi connectivity index (χ2n) is 5.30. The van der Waals surface area contributed by atoms with Crippen molar-refractivity contribution in [3.05, 3.63) is 52.5 Å². The SMILES string of the molecule is Cn1cncc1C(=O)N1CC(Cc2cccc(Br)c2)C1. The van der Waals surface area contributed by atoms with Crippen molar-refractivity contribution < 1.29 is 4.79 Å². The van der Waals surface area contributed by atoms with Crippen LogP contribution in [0.2, 0.25) is 0 Å². The van der Waals surface area contributed by atoms with Gasteiger partial charge in [-0.25, -0.2) is 4.98 Å². The lowest BCUT2D eigenvalue weighted by Crippen LogP contribution is -2.51. The van der Waals surface area contributed by atoms with E-state index in [1.54, 1.807) is 17.1 Å². The molecule has 0 unspecified atom stereocenters. The van der Waals surface area contributed by atoms with Crippen LogP contribution in [-0.2, 0) is 13.5 Å². The van der Waals surface area contributed by atoms with E-state index >= 15 is 0 Å². The number of aromatic nitrogens is 2. The average Bonchev–Trinajstić information content (AvgIpc) is 2.79. The molecule has 2 heterocycles. The zero-order valence-corrected chi connectivity index (χ0v) is 12.9. The Bertz CT molecular complexity index is 632. The average molecular weight is 334 g/mol. The van der Waals surface area contributed by atoms with Crippen LogP contribution in [0.4, 0.5) is 0 Å². The molecule has 5 heteroatoms. The van der Waals surface area contributed by atoms with E-state index in [9.17, 15) is 4.79 Å². The Labute approximate surface area is 126 Å². The van der Waals surface area contributed by atoms with Gasteiger partial charge in [0.1, 0.15) is 5.69 Å². The normalized spacial score (nSPS) is 15.2. The molecule has 0 spiro atoms. The number of hydrogen-bond acceptors (Lipinski definition) is 2. The summed E-state index contributed by atoms with van der Waals surface area (Å²) in [6, 6.07) is 8.36. The van der Waals surface area contributed by atoms with Crippen LogP contribution in [-0.4, -0.2) is 33.4 Å². The maximum Gasteiger partial charge on any atom is 0.272 e. The highest BCUT2D eigenvalue weighted by Crippen LogP contribution is 2.23. The zero-order chi connectivity index (χ0) is 14.1. The highest BCUT2D eigenvalue weighted by molar-refractivity contribution is 9.10. The molecule has 1 amide bonds. The number of imidazole rings is 1. The van der Waals surface area contributed by atoms with Crippen molar-refractivity contribution in [3.8, 4) is 0 Å². The minimum absolute atomic E-state index is 0.0792. The Morgan fingerprint density at radius 3 is 2.90 bits per heavy atom. The number of hydrogen-bond donors (Lipinski definition) is 0. The Hall–Kier alpha value is -1.62. The van der Waals surface area contributed by atoms with E-state index in [1.165, 1.54) is 5.56 Å². The summed E-state index contributed by atoms with van der Waals surface area (Å²) in [5.41, 5.74) is 1.97. The van der Waals surface area contributed by atoms with E-state index in [0.29, 0.717) is 11.6 Å². The molecule has 0 atom stereocenters. The van der Waals surface area contributed by atoms with Crippen molar-refractivity contribution in [1.82, 2.24) is 14.5 Å². The summed E-state index contributed by atoms with van der Waals surface area (Å²) in [5.74, 6) is 0.636. The monoisotopic (exact) mass is 333 g/mol. The molecular formula is C15H16BrN3O. The minimum Gasteiger partial charge on any atom is -0.337 e. The molecule has 0 saturated carbocycles. The van der Waals surface area contributed by atoms with Gasteiger partial charge in [0.05, 0.1) is 12.5 Å². The van der Waals surface area contributed by atoms with Gasteiger partial charge in [-0.3, -0.25) is 4.79 Å². The van der Waals surface area contributed by atoms with Gasteiger partial charge in [0.15, 0.2) is 0 Å². The third-order valence-electron chi connectivity index (χ3n) is 3.69. The lowest BCUT2D eigenvalue weighted by Gasteiger charge is -2.39. The Morgan fingerprint density at radius 2 is 2.25 bits per heavy atom. The molecule has 0 aliphatic carbocycles. The zero-order valence-electron chi connectivity index (χ0n) is 11.3. The molecule has 2 aromatic rings. The molecule has 0 bridgehead atoms. The Balaban J connectivity index is 1.57. The highest BCUT2D eigenvalue weighted by atomic mass is 79.9. The first-order valence-corrected chi connectivity index (χ1v) is 7.43. The van der Waals surface area contributed by atoms with Gasteiger partial charge < -0.3 is 9.47 Å². The Morgan fingerprint density at radius 1 is 1.45 bits per heavy atom. The van der Waals surface area contributed by atoms with Crippen LogP contribution < -0.4 is 0 Å². The van der Waals surface area contributed by atoms with Crippen LogP contribution in [0.5, 0.6) is 0 Å². The van der Waals surface area contributed by atoms with Gasteiger partial charge in [0.25, 0.3) is 5.91 Å². The van der Waals surface area contributed by atoms with E-state index in [0.717, 1.165) is 24.0 Å². The summed E-state index contributed by atoms with van der Waals surface area (Å²) in [6.07, 6.45) is 4.31. The van der Waals surface area contributed by atoms with Crippen LogP contribution in [0, 0.1) is 5.92 Å². The first-order chi connectivity index (χ1) is 9.63. The van der Waals surface area contributed by atoms with Crippen LogP contribution >= 0.6 is 15.9 Å². The number of aryl methyl sites for hydroxylation is 1. The van der Waals surface area contributed by atoms with Crippen molar-refractivity contribution in [2.24, 2.45) is 13.0 Å². The van der Waals surface area contributed by atoms with E-state index < -0.39 is 0 Å². The van der Waals surface area contributed by atoms with Gasteiger partial charge in [-0.15, -0.1) is 0 Å². The number of rotatable bonds is 3. The number of likely N-dealkylation sites (tertiary alicyclic amines) is 1. The topological polar surface area (TPSA) is 38.1 Å². The maximum atomic E-state index is 12.2. The summed E-state index contributed by atoms with van der Waals surface area (Å²) in [6.45, 7) is 1.66. The molecule has 104 valence electrons. The fraction of sp³-hybridized carbons (Fsp3) is 0.333. The van der Waals surface area contributed by atoms with Crippen LogP contribution in [0.3, 0.4) is 0 Å². The van der Waals surface area contributed by atoms with E-state index in [2.05, 4.69) is 39.1 Å². The lowest BCUT2D eigenvalue weighted by molar-refractivity contribution is 0.0491. The molecular weight excluding hydrogens is 318 g/mol. The van der Waals surface area contributed by atoms with Crippen LogP contribution in [0.25, 0.3) is 0 Å². The summed E-state index contributed by atoms with van der Waals surface area (Å²) < 4.78 is 2.88. The van der Waals surface area contributed by atoms with Crippen molar-refractivity contribution in [2.75, 3.05) is 13.1 Å². The fourth-order valence-corrected chi connectivity index (χ4v) is 3.03. The molecule has 0 N–H and O–H groups in total. The molecule has 1 saturated heterocycles. The first kappa shape index (κ1) is 13.4. The van der Waals surface area contributed by atoms with Crippen LogP contribution in [0.15, 0.2) is 41.3 Å². The number of benzene rings is 1. The quantitative estimate of drug-likeness (QED) is 0.865. The number of halogens is 1. The number of carbonyl (C=O) groups excluding carboxylic acids is 1. The van der Waals surface area contributed by atoms with Crippen molar-refractivity contribution in [3.63, 3.8) is 0 Å². The molecule has 3 rings (SSSR count). The van der Waals surface area contributed by atoms with Gasteiger partial charge in [0, 0.05) is 24.6 Å². The summed E-state index contributed by atoms with van der Waals surface area (Å²) in [5, 5.41) is 0. The molecule has 1 aliphatic heterocycles. The summed E-state index contributed by atoms with van der Waals surface area (Å²) in [7, 11) is 1.85.